The van der Waals surface area contributed by atoms with E-state index in [0.29, 0.717) is 25.1 Å². The van der Waals surface area contributed by atoms with Crippen molar-refractivity contribution in [1.82, 2.24) is 5.32 Å². The zero-order valence-corrected chi connectivity index (χ0v) is 10.5. The number of nitrogens with one attached hydrogen (secondary N) is 2. The molecule has 0 aliphatic carbocycles. The van der Waals surface area contributed by atoms with Gasteiger partial charge in [0.1, 0.15) is 6.04 Å². The Morgan fingerprint density at radius 2 is 1.94 bits per heavy atom. The molecule has 0 aliphatic rings. The number of nitrogens with two attached hydrogens (primary N) is 1. The topological polar surface area (TPSA) is 84.2 Å². The Hall–Kier alpha value is -1.88. The van der Waals surface area contributed by atoms with Crippen molar-refractivity contribution < 1.29 is 9.59 Å². The summed E-state index contributed by atoms with van der Waals surface area (Å²) >= 11 is 0. The van der Waals surface area contributed by atoms with Crippen LogP contribution in [0.4, 0.5) is 5.69 Å². The first-order valence-electron chi connectivity index (χ1n) is 5.99. The van der Waals surface area contributed by atoms with E-state index in [2.05, 4.69) is 10.6 Å². The van der Waals surface area contributed by atoms with Gasteiger partial charge in [0.15, 0.2) is 0 Å². The van der Waals surface area contributed by atoms with Crippen molar-refractivity contribution in [2.24, 2.45) is 5.73 Å². The molecule has 0 fully saturated rings. The van der Waals surface area contributed by atoms with Crippen molar-refractivity contribution in [3.05, 3.63) is 30.3 Å². The zero-order chi connectivity index (χ0) is 13.4. The first kappa shape index (κ1) is 14.2. The van der Waals surface area contributed by atoms with Crippen molar-refractivity contribution in [3.63, 3.8) is 0 Å². The normalized spacial score (nSPS) is 11.7. The largest absolute Gasteiger partial charge is 0.345 e. The molecule has 98 valence electrons. The quantitative estimate of drug-likeness (QED) is 0.699. The van der Waals surface area contributed by atoms with Gasteiger partial charge in [-0.25, -0.2) is 0 Å². The molecule has 5 heteroatoms. The number of carbonyl (C=O) groups is 2. The van der Waals surface area contributed by atoms with Gasteiger partial charge in [0.2, 0.25) is 11.8 Å². The summed E-state index contributed by atoms with van der Waals surface area (Å²) in [5, 5.41) is 5.35. The molecule has 5 nitrogen and oxygen atoms in total. The highest BCUT2D eigenvalue weighted by Crippen LogP contribution is 2.05. The first-order chi connectivity index (χ1) is 8.63. The van der Waals surface area contributed by atoms with Crippen LogP contribution < -0.4 is 16.4 Å². The van der Waals surface area contributed by atoms with Crippen LogP contribution in [0.2, 0.25) is 0 Å². The summed E-state index contributed by atoms with van der Waals surface area (Å²) in [6.07, 6.45) is 0.971. The highest BCUT2D eigenvalue weighted by molar-refractivity contribution is 5.96. The summed E-state index contributed by atoms with van der Waals surface area (Å²) < 4.78 is 0. The highest BCUT2D eigenvalue weighted by Gasteiger charge is 2.14. The average Bonchev–Trinajstić information content (AvgIpc) is 2.37. The fourth-order valence-corrected chi connectivity index (χ4v) is 1.41. The van der Waals surface area contributed by atoms with Gasteiger partial charge >= 0.3 is 0 Å². The predicted octanol–water partition coefficient (Wildman–Crippen LogP) is 0.869. The van der Waals surface area contributed by atoms with Gasteiger partial charge in [-0.05, 0) is 32.0 Å². The van der Waals surface area contributed by atoms with Crippen LogP contribution in [-0.2, 0) is 9.59 Å². The van der Waals surface area contributed by atoms with E-state index in [0.717, 1.165) is 0 Å². The number of amides is 2. The van der Waals surface area contributed by atoms with Gasteiger partial charge in [0, 0.05) is 12.1 Å². The third-order valence-electron chi connectivity index (χ3n) is 2.42. The minimum absolute atomic E-state index is 0.156. The van der Waals surface area contributed by atoms with Gasteiger partial charge in [0.05, 0.1) is 0 Å². The molecule has 1 aromatic carbocycles. The summed E-state index contributed by atoms with van der Waals surface area (Å²) in [6.45, 7) is 2.12. The van der Waals surface area contributed by atoms with Crippen LogP contribution in [-0.4, -0.2) is 24.4 Å². The van der Waals surface area contributed by atoms with Gasteiger partial charge in [0.25, 0.3) is 0 Å². The van der Waals surface area contributed by atoms with E-state index in [1.807, 2.05) is 18.2 Å². The second kappa shape index (κ2) is 7.45. The van der Waals surface area contributed by atoms with E-state index in [1.165, 1.54) is 0 Å². The van der Waals surface area contributed by atoms with E-state index in [-0.39, 0.29) is 11.8 Å². The average molecular weight is 249 g/mol. The summed E-state index contributed by atoms with van der Waals surface area (Å²) in [7, 11) is 0. The maximum absolute atomic E-state index is 11.8. The molecule has 2 amide bonds. The third kappa shape index (κ3) is 4.97. The van der Waals surface area contributed by atoms with Crippen LogP contribution in [0.25, 0.3) is 0 Å². The lowest BCUT2D eigenvalue weighted by Gasteiger charge is -2.14. The van der Waals surface area contributed by atoms with E-state index >= 15 is 0 Å². The summed E-state index contributed by atoms with van der Waals surface area (Å²) in [5.41, 5.74) is 6.02. The Labute approximate surface area is 107 Å². The maximum Gasteiger partial charge on any atom is 0.246 e. The van der Waals surface area contributed by atoms with Crippen LogP contribution in [0.15, 0.2) is 30.3 Å². The van der Waals surface area contributed by atoms with E-state index in [1.54, 1.807) is 19.1 Å². The fraction of sp³-hybridized carbons (Fsp3) is 0.385. The van der Waals surface area contributed by atoms with Crippen LogP contribution in [0.5, 0.6) is 0 Å². The Bertz CT molecular complexity index is 392. The van der Waals surface area contributed by atoms with Gasteiger partial charge in [-0.2, -0.15) is 0 Å². The number of hydrogen-bond donors (Lipinski definition) is 3. The Kier molecular flexibility index (Phi) is 5.87. The van der Waals surface area contributed by atoms with Crippen LogP contribution in [0.3, 0.4) is 0 Å². The third-order valence-corrected chi connectivity index (χ3v) is 2.42. The molecule has 4 N–H and O–H groups in total. The number of anilines is 1. The molecule has 18 heavy (non-hydrogen) atoms. The monoisotopic (exact) mass is 249 g/mol. The summed E-state index contributed by atoms with van der Waals surface area (Å²) in [6, 6.07) is 8.56. The molecule has 0 aromatic heterocycles. The van der Waals surface area contributed by atoms with Crippen molar-refractivity contribution in [1.29, 1.82) is 0 Å². The molecule has 1 aromatic rings. The molecular formula is C13H19N3O2. The van der Waals surface area contributed by atoms with Crippen LogP contribution in [0.1, 0.15) is 19.8 Å². The molecule has 0 saturated heterocycles. The number of benzene rings is 1. The second-order valence-corrected chi connectivity index (χ2v) is 4.04. The SMILES string of the molecule is CC(NC(=O)CCCN)C(=O)Nc1ccccc1. The lowest BCUT2D eigenvalue weighted by Crippen LogP contribution is -2.41. The fourth-order valence-electron chi connectivity index (χ4n) is 1.41. The van der Waals surface area contributed by atoms with Crippen molar-refractivity contribution in [2.75, 3.05) is 11.9 Å². The first-order valence-corrected chi connectivity index (χ1v) is 5.99. The van der Waals surface area contributed by atoms with Gasteiger partial charge < -0.3 is 16.4 Å². The molecule has 1 atom stereocenters. The summed E-state index contributed by atoms with van der Waals surface area (Å²) in [5.74, 6) is -0.390. The minimum Gasteiger partial charge on any atom is -0.345 e. The zero-order valence-electron chi connectivity index (χ0n) is 10.5. The Morgan fingerprint density at radius 3 is 2.56 bits per heavy atom. The van der Waals surface area contributed by atoms with Crippen LogP contribution in [0, 0.1) is 0 Å². The number of hydrogen-bond acceptors (Lipinski definition) is 3. The van der Waals surface area contributed by atoms with E-state index < -0.39 is 6.04 Å². The van der Waals surface area contributed by atoms with Crippen molar-refractivity contribution >= 4 is 17.5 Å². The molecule has 0 radical (unpaired) electrons. The van der Waals surface area contributed by atoms with Gasteiger partial charge in [-0.15, -0.1) is 0 Å². The van der Waals surface area contributed by atoms with Gasteiger partial charge in [-0.1, -0.05) is 18.2 Å². The number of carbonyl (C=O) groups excluding carboxylic acids is 2. The van der Waals surface area contributed by atoms with Crippen molar-refractivity contribution in [2.45, 2.75) is 25.8 Å². The molecular weight excluding hydrogens is 230 g/mol. The predicted molar refractivity (Wildman–Crippen MR) is 71.0 cm³/mol. The maximum atomic E-state index is 11.8. The molecule has 1 unspecified atom stereocenters. The molecule has 0 aliphatic heterocycles. The van der Waals surface area contributed by atoms with Crippen molar-refractivity contribution in [3.8, 4) is 0 Å². The lowest BCUT2D eigenvalue weighted by molar-refractivity contribution is -0.126. The molecule has 0 spiro atoms. The smallest absolute Gasteiger partial charge is 0.246 e. The standard InChI is InChI=1S/C13H19N3O2/c1-10(15-12(17)8-5-9-14)13(18)16-11-6-3-2-4-7-11/h2-4,6-7,10H,5,8-9,14H2,1H3,(H,15,17)(H,16,18). The molecule has 1 rings (SSSR count). The minimum atomic E-state index is -0.560. The highest BCUT2D eigenvalue weighted by atomic mass is 16.2. The Morgan fingerprint density at radius 1 is 1.28 bits per heavy atom. The lowest BCUT2D eigenvalue weighted by atomic mass is 10.2. The molecule has 0 bridgehead atoms. The Balaban J connectivity index is 2.40. The van der Waals surface area contributed by atoms with E-state index in [4.69, 9.17) is 5.73 Å². The second-order valence-electron chi connectivity index (χ2n) is 4.04. The number of para-hydroxylation sites is 1. The van der Waals surface area contributed by atoms with Gasteiger partial charge in [-0.3, -0.25) is 9.59 Å². The van der Waals surface area contributed by atoms with E-state index in [9.17, 15) is 9.59 Å². The summed E-state index contributed by atoms with van der Waals surface area (Å²) in [4.78, 5) is 23.2. The molecule has 0 heterocycles. The molecule has 0 saturated carbocycles. The number of rotatable bonds is 6. The van der Waals surface area contributed by atoms with Crippen LogP contribution >= 0.6 is 0 Å².